The third-order valence-corrected chi connectivity index (χ3v) is 3.23. The lowest BCUT2D eigenvalue weighted by Gasteiger charge is -2.12. The molecule has 0 radical (unpaired) electrons. The molecule has 21 heavy (non-hydrogen) atoms. The minimum atomic E-state index is -0.969. The summed E-state index contributed by atoms with van der Waals surface area (Å²) in [4.78, 5) is 37.6. The van der Waals surface area contributed by atoms with Crippen molar-refractivity contribution in [3.05, 3.63) is 22.5 Å². The fraction of sp³-hybridized carbons (Fsp3) is 0.533. The summed E-state index contributed by atoms with van der Waals surface area (Å²) in [7, 11) is 0. The Hall–Kier alpha value is -2.11. The van der Waals surface area contributed by atoms with Gasteiger partial charge in [0.1, 0.15) is 5.69 Å². The van der Waals surface area contributed by atoms with Gasteiger partial charge >= 0.3 is 5.97 Å². The maximum atomic E-state index is 12.3. The maximum Gasteiger partial charge on any atom is 0.305 e. The van der Waals surface area contributed by atoms with Crippen LogP contribution in [0.4, 0.5) is 0 Å². The van der Waals surface area contributed by atoms with Gasteiger partial charge in [0.25, 0.3) is 5.91 Å². The Morgan fingerprint density at radius 3 is 2.43 bits per heavy atom. The van der Waals surface area contributed by atoms with Crippen molar-refractivity contribution < 1.29 is 19.5 Å². The van der Waals surface area contributed by atoms with Crippen LogP contribution in [-0.2, 0) is 11.2 Å². The number of aromatic nitrogens is 1. The predicted molar refractivity (Wildman–Crippen MR) is 78.7 cm³/mol. The van der Waals surface area contributed by atoms with Crippen LogP contribution in [0.1, 0.15) is 65.7 Å². The smallest absolute Gasteiger partial charge is 0.305 e. The molecular formula is C15H22N2O4. The molecule has 116 valence electrons. The SMILES string of the molecule is CCCc1c(C(=O)NC(C)CC(=O)O)[nH]c(C)c1C(C)=O. The molecule has 1 aromatic heterocycles. The van der Waals surface area contributed by atoms with Gasteiger partial charge in [-0.1, -0.05) is 13.3 Å². The van der Waals surface area contributed by atoms with Crippen LogP contribution in [0.5, 0.6) is 0 Å². The largest absolute Gasteiger partial charge is 0.481 e. The highest BCUT2D eigenvalue weighted by Gasteiger charge is 2.23. The minimum Gasteiger partial charge on any atom is -0.481 e. The minimum absolute atomic E-state index is 0.0789. The van der Waals surface area contributed by atoms with Gasteiger partial charge in [0.15, 0.2) is 5.78 Å². The molecular weight excluding hydrogens is 272 g/mol. The molecule has 0 bridgehead atoms. The van der Waals surface area contributed by atoms with E-state index in [0.29, 0.717) is 28.9 Å². The number of hydrogen-bond donors (Lipinski definition) is 3. The van der Waals surface area contributed by atoms with E-state index in [1.54, 1.807) is 13.8 Å². The third-order valence-electron chi connectivity index (χ3n) is 3.23. The highest BCUT2D eigenvalue weighted by Crippen LogP contribution is 2.21. The topological polar surface area (TPSA) is 99.3 Å². The quantitative estimate of drug-likeness (QED) is 0.670. The first kappa shape index (κ1) is 16.9. The van der Waals surface area contributed by atoms with Crippen LogP contribution in [0.3, 0.4) is 0 Å². The Kier molecular flexibility index (Phi) is 5.69. The lowest BCUT2D eigenvalue weighted by atomic mass is 10.0. The number of nitrogens with one attached hydrogen (secondary N) is 2. The van der Waals surface area contributed by atoms with Crippen molar-refractivity contribution in [2.75, 3.05) is 0 Å². The Morgan fingerprint density at radius 2 is 1.95 bits per heavy atom. The first-order chi connectivity index (χ1) is 9.77. The van der Waals surface area contributed by atoms with Crippen molar-refractivity contribution in [3.8, 4) is 0 Å². The van der Waals surface area contributed by atoms with Gasteiger partial charge in [0.2, 0.25) is 0 Å². The summed E-state index contributed by atoms with van der Waals surface area (Å²) in [6, 6.07) is -0.478. The van der Waals surface area contributed by atoms with E-state index in [1.165, 1.54) is 6.92 Å². The van der Waals surface area contributed by atoms with Gasteiger partial charge in [-0.2, -0.15) is 0 Å². The van der Waals surface area contributed by atoms with Crippen molar-refractivity contribution in [2.45, 2.75) is 53.0 Å². The Balaban J connectivity index is 3.06. The molecule has 1 unspecified atom stereocenters. The van der Waals surface area contributed by atoms with E-state index >= 15 is 0 Å². The van der Waals surface area contributed by atoms with E-state index in [0.717, 1.165) is 6.42 Å². The van der Waals surface area contributed by atoms with Gasteiger partial charge in [0, 0.05) is 17.3 Å². The van der Waals surface area contributed by atoms with E-state index in [4.69, 9.17) is 5.11 Å². The number of carbonyl (C=O) groups excluding carboxylic acids is 2. The number of amides is 1. The second-order valence-corrected chi connectivity index (χ2v) is 5.26. The van der Waals surface area contributed by atoms with Gasteiger partial charge in [0.05, 0.1) is 6.42 Å². The van der Waals surface area contributed by atoms with Crippen LogP contribution in [0, 0.1) is 6.92 Å². The number of carboxylic acids is 1. The summed E-state index contributed by atoms with van der Waals surface area (Å²) in [5.74, 6) is -1.42. The molecule has 1 rings (SSSR count). The number of rotatable bonds is 7. The fourth-order valence-corrected chi connectivity index (χ4v) is 2.46. The Bertz CT molecular complexity index is 560. The molecule has 0 spiro atoms. The van der Waals surface area contributed by atoms with E-state index in [1.807, 2.05) is 6.92 Å². The number of aromatic amines is 1. The van der Waals surface area contributed by atoms with Crippen LogP contribution >= 0.6 is 0 Å². The van der Waals surface area contributed by atoms with E-state index in [2.05, 4.69) is 10.3 Å². The van der Waals surface area contributed by atoms with Gasteiger partial charge in [-0.15, -0.1) is 0 Å². The molecule has 0 saturated heterocycles. The summed E-state index contributed by atoms with van der Waals surface area (Å²) >= 11 is 0. The van der Waals surface area contributed by atoms with Crippen molar-refractivity contribution >= 4 is 17.7 Å². The zero-order valence-electron chi connectivity index (χ0n) is 12.9. The summed E-state index contributed by atoms with van der Waals surface area (Å²) in [5.41, 5.74) is 2.30. The third kappa shape index (κ3) is 4.18. The van der Waals surface area contributed by atoms with Crippen LogP contribution in [0.25, 0.3) is 0 Å². The number of hydrogen-bond acceptors (Lipinski definition) is 3. The number of H-pyrrole nitrogens is 1. The first-order valence-electron chi connectivity index (χ1n) is 7.02. The molecule has 6 heteroatoms. The Morgan fingerprint density at radius 1 is 1.33 bits per heavy atom. The molecule has 0 aliphatic carbocycles. The molecule has 3 N–H and O–H groups in total. The Labute approximate surface area is 123 Å². The zero-order chi connectivity index (χ0) is 16.2. The molecule has 6 nitrogen and oxygen atoms in total. The standard InChI is InChI=1S/C15H22N2O4/c1-5-6-11-13(10(4)18)9(3)17-14(11)15(21)16-8(2)7-12(19)20/h8,17H,5-7H2,1-4H3,(H,16,21)(H,19,20). The molecule has 0 aromatic carbocycles. The maximum absolute atomic E-state index is 12.3. The predicted octanol–water partition coefficient (Wildman–Crippen LogP) is 2.07. The zero-order valence-corrected chi connectivity index (χ0v) is 12.9. The van der Waals surface area contributed by atoms with Crippen molar-refractivity contribution in [2.24, 2.45) is 0 Å². The highest BCUT2D eigenvalue weighted by atomic mass is 16.4. The summed E-state index contributed by atoms with van der Waals surface area (Å²) in [5, 5.41) is 11.4. The van der Waals surface area contributed by atoms with Crippen molar-refractivity contribution in [1.82, 2.24) is 10.3 Å². The molecule has 1 heterocycles. The average molecular weight is 294 g/mol. The normalized spacial score (nSPS) is 12.0. The van der Waals surface area contributed by atoms with Crippen LogP contribution in [0.2, 0.25) is 0 Å². The van der Waals surface area contributed by atoms with Crippen molar-refractivity contribution in [1.29, 1.82) is 0 Å². The van der Waals surface area contributed by atoms with Gasteiger partial charge in [-0.05, 0) is 32.8 Å². The summed E-state index contributed by atoms with van der Waals surface area (Å²) in [6.07, 6.45) is 1.28. The van der Waals surface area contributed by atoms with Crippen LogP contribution in [-0.4, -0.2) is 33.8 Å². The molecule has 0 aliphatic heterocycles. The number of aryl methyl sites for hydroxylation is 1. The number of carbonyl (C=O) groups is 3. The molecule has 0 aliphatic rings. The lowest BCUT2D eigenvalue weighted by molar-refractivity contribution is -0.137. The number of Topliss-reactive ketones (excluding diaryl/α,β-unsaturated/α-hetero) is 1. The summed E-state index contributed by atoms with van der Waals surface area (Å²) < 4.78 is 0. The monoisotopic (exact) mass is 294 g/mol. The molecule has 1 atom stereocenters. The number of aliphatic carboxylic acids is 1. The number of carboxylic acid groups (broad SMARTS) is 1. The van der Waals surface area contributed by atoms with Gasteiger partial charge < -0.3 is 15.4 Å². The highest BCUT2D eigenvalue weighted by molar-refractivity contribution is 6.02. The second-order valence-electron chi connectivity index (χ2n) is 5.26. The van der Waals surface area contributed by atoms with E-state index in [-0.39, 0.29) is 18.1 Å². The molecule has 0 saturated carbocycles. The second kappa shape index (κ2) is 7.06. The number of ketones is 1. The first-order valence-corrected chi connectivity index (χ1v) is 7.02. The molecule has 1 amide bonds. The van der Waals surface area contributed by atoms with E-state index < -0.39 is 12.0 Å². The van der Waals surface area contributed by atoms with Gasteiger partial charge in [-0.25, -0.2) is 0 Å². The molecule has 0 fully saturated rings. The van der Waals surface area contributed by atoms with Crippen molar-refractivity contribution in [3.63, 3.8) is 0 Å². The average Bonchev–Trinajstić information content (AvgIpc) is 2.65. The lowest BCUT2D eigenvalue weighted by Crippen LogP contribution is -2.35. The summed E-state index contributed by atoms with van der Waals surface area (Å²) in [6.45, 7) is 6.84. The fourth-order valence-electron chi connectivity index (χ4n) is 2.46. The van der Waals surface area contributed by atoms with Crippen LogP contribution in [0.15, 0.2) is 0 Å². The van der Waals surface area contributed by atoms with Gasteiger partial charge in [-0.3, -0.25) is 14.4 Å². The van der Waals surface area contributed by atoms with E-state index in [9.17, 15) is 14.4 Å². The van der Waals surface area contributed by atoms with Crippen LogP contribution < -0.4 is 5.32 Å². The molecule has 1 aromatic rings.